The molecule has 0 amide bonds. The number of rotatable bonds is 8. The normalized spacial score (nSPS) is 21.7. The first-order chi connectivity index (χ1) is 17.2. The third-order valence-electron chi connectivity index (χ3n) is 8.04. The topological polar surface area (TPSA) is 38.8 Å². The number of Topliss-reactive ketones (excluding diaryl/α,β-unsaturated/α-hetero) is 1. The highest BCUT2D eigenvalue weighted by Gasteiger charge is 2.26. The van der Waals surface area contributed by atoms with Crippen LogP contribution >= 0.6 is 0 Å². The Balaban J connectivity index is 1.33. The molecule has 2 aromatic carbocycles. The molecule has 1 atom stereocenters. The average Bonchev–Trinajstić information content (AvgIpc) is 2.93. The minimum absolute atomic E-state index is 0.0611. The van der Waals surface area contributed by atoms with Crippen molar-refractivity contribution in [2.75, 3.05) is 33.4 Å². The van der Waals surface area contributed by atoms with Gasteiger partial charge in [0, 0.05) is 17.7 Å². The van der Waals surface area contributed by atoms with E-state index in [0.717, 1.165) is 47.2 Å². The molecular weight excluding hydrogens is 434 g/mol. The minimum atomic E-state index is 0.0611. The van der Waals surface area contributed by atoms with Gasteiger partial charge in [0.15, 0.2) is 5.78 Å². The van der Waals surface area contributed by atoms with Gasteiger partial charge < -0.3 is 14.4 Å². The molecule has 0 radical (unpaired) electrons. The van der Waals surface area contributed by atoms with Crippen LogP contribution in [0.2, 0.25) is 0 Å². The van der Waals surface area contributed by atoms with Crippen molar-refractivity contribution in [3.63, 3.8) is 0 Å². The quantitative estimate of drug-likeness (QED) is 0.394. The zero-order valence-electron chi connectivity index (χ0n) is 21.1. The van der Waals surface area contributed by atoms with Gasteiger partial charge in [-0.3, -0.25) is 4.79 Å². The Morgan fingerprint density at radius 3 is 2.54 bits per heavy atom. The summed E-state index contributed by atoms with van der Waals surface area (Å²) in [6.45, 7) is 4.15. The van der Waals surface area contributed by atoms with Crippen LogP contribution in [0.4, 0.5) is 0 Å². The number of hydrogen-bond acceptors (Lipinski definition) is 4. The lowest BCUT2D eigenvalue weighted by Gasteiger charge is -2.27. The lowest BCUT2D eigenvalue weighted by Crippen LogP contribution is -2.33. The number of piperidine rings is 1. The van der Waals surface area contributed by atoms with Crippen molar-refractivity contribution in [3.8, 4) is 5.75 Å². The first-order valence-electron chi connectivity index (χ1n) is 13.6. The number of ether oxygens (including phenoxy) is 2. The number of carbonyl (C=O) groups is 1. The van der Waals surface area contributed by atoms with E-state index in [2.05, 4.69) is 35.3 Å². The van der Waals surface area contributed by atoms with Crippen LogP contribution in [0.5, 0.6) is 5.75 Å². The summed E-state index contributed by atoms with van der Waals surface area (Å²) in [7, 11) is 1.69. The number of allylic oxidation sites excluding steroid dienone is 2. The Labute approximate surface area is 210 Å². The summed E-state index contributed by atoms with van der Waals surface area (Å²) in [5, 5.41) is 2.10. The summed E-state index contributed by atoms with van der Waals surface area (Å²) in [6.07, 6.45) is 17.1. The molecule has 1 unspecified atom stereocenters. The van der Waals surface area contributed by atoms with Gasteiger partial charge in [-0.1, -0.05) is 56.0 Å². The molecule has 0 bridgehead atoms. The van der Waals surface area contributed by atoms with Crippen LogP contribution in [0, 0.1) is 0 Å². The number of methoxy groups -OCH3 is 1. The van der Waals surface area contributed by atoms with Gasteiger partial charge in [0.05, 0.1) is 19.8 Å². The third-order valence-corrected chi connectivity index (χ3v) is 8.04. The van der Waals surface area contributed by atoms with E-state index in [1.54, 1.807) is 7.11 Å². The number of fused-ring (bicyclic) bond motifs is 1. The van der Waals surface area contributed by atoms with Crippen molar-refractivity contribution in [2.45, 2.75) is 69.8 Å². The molecule has 4 heteroatoms. The van der Waals surface area contributed by atoms with Gasteiger partial charge in [-0.15, -0.1) is 0 Å². The Hall–Kier alpha value is -2.43. The zero-order chi connectivity index (χ0) is 24.0. The first-order valence-corrected chi connectivity index (χ1v) is 13.6. The molecule has 0 spiro atoms. The Morgan fingerprint density at radius 1 is 1.00 bits per heavy atom. The molecule has 186 valence electrons. The van der Waals surface area contributed by atoms with Crippen LogP contribution in [0.3, 0.4) is 0 Å². The second kappa shape index (κ2) is 11.5. The summed E-state index contributed by atoms with van der Waals surface area (Å²) < 4.78 is 11.6. The van der Waals surface area contributed by atoms with Gasteiger partial charge in [-0.2, -0.15) is 0 Å². The van der Waals surface area contributed by atoms with Crippen LogP contribution < -0.4 is 4.74 Å². The van der Waals surface area contributed by atoms with Crippen LogP contribution in [0.1, 0.15) is 79.6 Å². The van der Waals surface area contributed by atoms with Gasteiger partial charge in [-0.25, -0.2) is 0 Å². The summed E-state index contributed by atoms with van der Waals surface area (Å²) in [6, 6.07) is 10.4. The molecule has 3 aliphatic rings. The van der Waals surface area contributed by atoms with Crippen molar-refractivity contribution in [3.05, 3.63) is 65.3 Å². The van der Waals surface area contributed by atoms with E-state index in [0.29, 0.717) is 5.92 Å². The van der Waals surface area contributed by atoms with Crippen molar-refractivity contribution in [1.29, 1.82) is 0 Å². The number of nitrogens with zero attached hydrogens (tertiary/aromatic N) is 1. The highest BCUT2D eigenvalue weighted by Crippen LogP contribution is 2.39. The van der Waals surface area contributed by atoms with E-state index < -0.39 is 0 Å². The molecule has 2 fully saturated rings. The highest BCUT2D eigenvalue weighted by atomic mass is 16.5. The summed E-state index contributed by atoms with van der Waals surface area (Å²) in [5.74, 6) is 1.43. The van der Waals surface area contributed by atoms with E-state index >= 15 is 0 Å². The second-order valence-corrected chi connectivity index (χ2v) is 10.3. The van der Waals surface area contributed by atoms with E-state index in [9.17, 15) is 4.79 Å². The molecule has 0 aromatic heterocycles. The van der Waals surface area contributed by atoms with Gasteiger partial charge in [0.2, 0.25) is 0 Å². The summed E-state index contributed by atoms with van der Waals surface area (Å²) in [5.41, 5.74) is 2.90. The Morgan fingerprint density at radius 2 is 1.80 bits per heavy atom. The fraction of sp³-hybridized carbons (Fsp3) is 0.516. The van der Waals surface area contributed by atoms with Crippen LogP contribution in [0.15, 0.2) is 54.1 Å². The molecule has 5 rings (SSSR count). The van der Waals surface area contributed by atoms with Crippen molar-refractivity contribution >= 4 is 16.6 Å². The van der Waals surface area contributed by atoms with Crippen LogP contribution in [-0.2, 0) is 4.74 Å². The number of likely N-dealkylation sites (tertiary alicyclic amines) is 1. The molecule has 4 nitrogen and oxygen atoms in total. The van der Waals surface area contributed by atoms with Crippen molar-refractivity contribution < 1.29 is 14.3 Å². The predicted octanol–water partition coefficient (Wildman–Crippen LogP) is 6.84. The molecule has 1 saturated carbocycles. The summed E-state index contributed by atoms with van der Waals surface area (Å²) in [4.78, 5) is 16.5. The predicted molar refractivity (Wildman–Crippen MR) is 143 cm³/mol. The van der Waals surface area contributed by atoms with Crippen molar-refractivity contribution in [1.82, 2.24) is 4.90 Å². The minimum Gasteiger partial charge on any atom is -0.497 e. The number of carbonyl (C=O) groups excluding carboxylic acids is 1. The average molecular weight is 474 g/mol. The van der Waals surface area contributed by atoms with Gasteiger partial charge in [0.25, 0.3) is 0 Å². The maximum atomic E-state index is 14.0. The number of benzene rings is 2. The zero-order valence-corrected chi connectivity index (χ0v) is 21.1. The van der Waals surface area contributed by atoms with E-state index in [1.807, 2.05) is 18.2 Å². The molecule has 1 saturated heterocycles. The van der Waals surface area contributed by atoms with Gasteiger partial charge in [0.1, 0.15) is 5.75 Å². The maximum Gasteiger partial charge on any atom is 0.193 e. The van der Waals surface area contributed by atoms with Crippen LogP contribution in [-0.4, -0.2) is 50.1 Å². The van der Waals surface area contributed by atoms with Gasteiger partial charge >= 0.3 is 0 Å². The van der Waals surface area contributed by atoms with E-state index in [4.69, 9.17) is 9.47 Å². The van der Waals surface area contributed by atoms with Crippen molar-refractivity contribution in [2.24, 2.45) is 0 Å². The first kappa shape index (κ1) is 24.3. The Kier molecular flexibility index (Phi) is 8.00. The lowest BCUT2D eigenvalue weighted by molar-refractivity contribution is 0.0609. The molecular formula is C31H39NO3. The largest absolute Gasteiger partial charge is 0.497 e. The highest BCUT2D eigenvalue weighted by molar-refractivity contribution is 6.18. The SMILES string of the molecule is COc1ccc2c(C(=O)C3=CCC(OCCN4CCCCC4)C=C3)c(C3CCCCC3)ccc2c1. The van der Waals surface area contributed by atoms with E-state index in [-0.39, 0.29) is 11.9 Å². The molecule has 1 aliphatic heterocycles. The van der Waals surface area contributed by atoms with Gasteiger partial charge in [-0.05, 0) is 85.6 Å². The number of hydrogen-bond donors (Lipinski definition) is 0. The molecule has 1 heterocycles. The molecule has 0 N–H and O–H groups in total. The van der Waals surface area contributed by atoms with Crippen LogP contribution in [0.25, 0.3) is 10.8 Å². The monoisotopic (exact) mass is 473 g/mol. The fourth-order valence-corrected chi connectivity index (χ4v) is 6.01. The maximum absolute atomic E-state index is 14.0. The third kappa shape index (κ3) is 5.70. The second-order valence-electron chi connectivity index (χ2n) is 10.3. The molecule has 35 heavy (non-hydrogen) atoms. The fourth-order valence-electron chi connectivity index (χ4n) is 6.01. The standard InChI is InChI=1S/C31H39NO3/c1-34-27-15-17-29-25(22-27)12-16-28(23-8-4-2-5-9-23)30(29)31(33)24-10-13-26(14-11-24)35-21-20-32-18-6-3-7-19-32/h10-13,15-17,22-23,26H,2-9,14,18-21H2,1H3. The molecule has 2 aromatic rings. The molecule has 2 aliphatic carbocycles. The summed E-state index contributed by atoms with van der Waals surface area (Å²) >= 11 is 0. The smallest absolute Gasteiger partial charge is 0.193 e. The lowest BCUT2D eigenvalue weighted by atomic mass is 9.79. The Bertz CT molecular complexity index is 1090. The number of ketones is 1. The van der Waals surface area contributed by atoms with E-state index in [1.165, 1.54) is 70.0 Å².